The predicted octanol–water partition coefficient (Wildman–Crippen LogP) is -0.113. The van der Waals surface area contributed by atoms with E-state index in [2.05, 4.69) is 0 Å². The summed E-state index contributed by atoms with van der Waals surface area (Å²) < 4.78 is 25.2. The third-order valence-electron chi connectivity index (χ3n) is 4.40. The number of rotatable bonds is 4. The molecule has 0 bridgehead atoms. The molecule has 2 unspecified atom stereocenters. The van der Waals surface area contributed by atoms with E-state index in [-0.39, 0.29) is 29.6 Å². The monoisotopic (exact) mass is 304 g/mol. The minimum absolute atomic E-state index is 0.0397. The summed E-state index contributed by atoms with van der Waals surface area (Å²) in [6, 6.07) is 0. The third kappa shape index (κ3) is 3.15. The lowest BCUT2D eigenvalue weighted by molar-refractivity contribution is -0.145. The second kappa shape index (κ2) is 5.99. The van der Waals surface area contributed by atoms with E-state index in [1.54, 1.807) is 18.7 Å². The molecular formula is C13H24N2O4S. The van der Waals surface area contributed by atoms with Crippen LogP contribution >= 0.6 is 0 Å². The SMILES string of the molecule is CCS(=O)(=O)N1CCCC(C(=O)N2CC(C(C)O)C2)C1. The van der Waals surface area contributed by atoms with Crippen LogP contribution in [-0.2, 0) is 14.8 Å². The molecule has 7 heteroatoms. The smallest absolute Gasteiger partial charge is 0.227 e. The second-order valence-corrected chi connectivity index (χ2v) is 8.10. The number of hydrogen-bond donors (Lipinski definition) is 1. The van der Waals surface area contributed by atoms with Gasteiger partial charge >= 0.3 is 0 Å². The molecule has 2 heterocycles. The van der Waals surface area contributed by atoms with Crippen LogP contribution in [0.1, 0.15) is 26.7 Å². The van der Waals surface area contributed by atoms with Crippen molar-refractivity contribution in [2.45, 2.75) is 32.8 Å². The summed E-state index contributed by atoms with van der Waals surface area (Å²) in [5.74, 6) is 0.0674. The number of piperidine rings is 1. The average Bonchev–Trinajstić information content (AvgIpc) is 2.36. The van der Waals surface area contributed by atoms with Crippen LogP contribution in [0.2, 0.25) is 0 Å². The van der Waals surface area contributed by atoms with E-state index in [0.29, 0.717) is 26.2 Å². The van der Waals surface area contributed by atoms with E-state index < -0.39 is 10.0 Å². The predicted molar refractivity (Wildman–Crippen MR) is 75.5 cm³/mol. The van der Waals surface area contributed by atoms with Gasteiger partial charge in [0.05, 0.1) is 17.8 Å². The Balaban J connectivity index is 1.92. The van der Waals surface area contributed by atoms with Crippen LogP contribution in [0, 0.1) is 11.8 Å². The molecule has 0 aromatic heterocycles. The van der Waals surface area contributed by atoms with Crippen LogP contribution in [0.25, 0.3) is 0 Å². The molecule has 0 aromatic carbocycles. The van der Waals surface area contributed by atoms with Crippen molar-refractivity contribution in [1.29, 1.82) is 0 Å². The number of amides is 1. The molecule has 1 N–H and O–H groups in total. The number of carbonyl (C=O) groups excluding carboxylic acids is 1. The van der Waals surface area contributed by atoms with Gasteiger partial charge in [-0.25, -0.2) is 12.7 Å². The summed E-state index contributed by atoms with van der Waals surface area (Å²) >= 11 is 0. The average molecular weight is 304 g/mol. The van der Waals surface area contributed by atoms with Crippen molar-refractivity contribution in [2.75, 3.05) is 31.9 Å². The molecule has 0 aromatic rings. The summed E-state index contributed by atoms with van der Waals surface area (Å²) in [5.41, 5.74) is 0. The van der Waals surface area contributed by atoms with Crippen molar-refractivity contribution in [3.05, 3.63) is 0 Å². The zero-order valence-electron chi connectivity index (χ0n) is 12.2. The molecule has 0 saturated carbocycles. The summed E-state index contributed by atoms with van der Waals surface area (Å²) in [7, 11) is -3.20. The van der Waals surface area contributed by atoms with E-state index in [1.807, 2.05) is 0 Å². The molecule has 2 atom stereocenters. The van der Waals surface area contributed by atoms with Crippen LogP contribution < -0.4 is 0 Å². The van der Waals surface area contributed by atoms with Gasteiger partial charge in [0.2, 0.25) is 15.9 Å². The summed E-state index contributed by atoms with van der Waals surface area (Å²) in [4.78, 5) is 14.1. The van der Waals surface area contributed by atoms with Crippen LogP contribution in [0.15, 0.2) is 0 Å². The fourth-order valence-electron chi connectivity index (χ4n) is 2.84. The minimum Gasteiger partial charge on any atom is -0.393 e. The third-order valence-corrected chi connectivity index (χ3v) is 6.24. The van der Waals surface area contributed by atoms with Crippen LogP contribution in [0.4, 0.5) is 0 Å². The summed E-state index contributed by atoms with van der Waals surface area (Å²) in [5, 5.41) is 9.44. The Morgan fingerprint density at radius 3 is 2.55 bits per heavy atom. The van der Waals surface area contributed by atoms with Gasteiger partial charge in [-0.3, -0.25) is 4.79 Å². The molecule has 6 nitrogen and oxygen atoms in total. The maximum Gasteiger partial charge on any atom is 0.227 e. The fraction of sp³-hybridized carbons (Fsp3) is 0.923. The first-order chi connectivity index (χ1) is 9.35. The number of sulfonamides is 1. The molecule has 116 valence electrons. The summed E-state index contributed by atoms with van der Waals surface area (Å²) in [6.07, 6.45) is 1.11. The maximum absolute atomic E-state index is 12.3. The first kappa shape index (κ1) is 15.7. The number of hydrogen-bond acceptors (Lipinski definition) is 4. The van der Waals surface area contributed by atoms with Crippen LogP contribution in [-0.4, -0.2) is 66.7 Å². The van der Waals surface area contributed by atoms with Gasteiger partial charge in [0.1, 0.15) is 0 Å². The van der Waals surface area contributed by atoms with Crippen molar-refractivity contribution < 1.29 is 18.3 Å². The zero-order chi connectivity index (χ0) is 14.9. The minimum atomic E-state index is -3.20. The maximum atomic E-state index is 12.3. The van der Waals surface area contributed by atoms with E-state index in [9.17, 15) is 18.3 Å². The van der Waals surface area contributed by atoms with Crippen molar-refractivity contribution in [3.63, 3.8) is 0 Å². The van der Waals surface area contributed by atoms with E-state index in [0.717, 1.165) is 12.8 Å². The number of likely N-dealkylation sites (tertiary alicyclic amines) is 1. The Morgan fingerprint density at radius 2 is 2.00 bits per heavy atom. The van der Waals surface area contributed by atoms with Crippen molar-refractivity contribution in [3.8, 4) is 0 Å². The standard InChI is InChI=1S/C13H24N2O4S/c1-3-20(18,19)15-6-4-5-11(9-15)13(17)14-7-12(8-14)10(2)16/h10-12,16H,3-9H2,1-2H3. The van der Waals surface area contributed by atoms with E-state index in [1.165, 1.54) is 4.31 Å². The van der Waals surface area contributed by atoms with Gasteiger partial charge in [-0.05, 0) is 26.7 Å². The van der Waals surface area contributed by atoms with Gasteiger partial charge in [0, 0.05) is 32.1 Å². The number of nitrogens with zero attached hydrogens (tertiary/aromatic N) is 2. The first-order valence-electron chi connectivity index (χ1n) is 7.29. The molecule has 0 spiro atoms. The topological polar surface area (TPSA) is 77.9 Å². The van der Waals surface area contributed by atoms with Crippen molar-refractivity contribution >= 4 is 15.9 Å². The number of carbonyl (C=O) groups is 1. The molecule has 0 radical (unpaired) electrons. The molecule has 0 aliphatic carbocycles. The van der Waals surface area contributed by atoms with E-state index >= 15 is 0 Å². The number of aliphatic hydroxyl groups excluding tert-OH is 1. The van der Waals surface area contributed by atoms with Gasteiger partial charge in [-0.2, -0.15) is 0 Å². The lowest BCUT2D eigenvalue weighted by atomic mass is 9.91. The second-order valence-electron chi connectivity index (χ2n) is 5.84. The quantitative estimate of drug-likeness (QED) is 0.786. The Morgan fingerprint density at radius 1 is 1.35 bits per heavy atom. The van der Waals surface area contributed by atoms with Crippen molar-refractivity contribution in [2.24, 2.45) is 11.8 Å². The van der Waals surface area contributed by atoms with Crippen LogP contribution in [0.3, 0.4) is 0 Å². The zero-order valence-corrected chi connectivity index (χ0v) is 13.0. The summed E-state index contributed by atoms with van der Waals surface area (Å²) in [6.45, 7) is 5.38. The highest BCUT2D eigenvalue weighted by Crippen LogP contribution is 2.26. The Hall–Kier alpha value is -0.660. The van der Waals surface area contributed by atoms with Gasteiger partial charge in [-0.1, -0.05) is 0 Å². The lowest BCUT2D eigenvalue weighted by Gasteiger charge is -2.43. The lowest BCUT2D eigenvalue weighted by Crippen LogP contribution is -2.57. The largest absolute Gasteiger partial charge is 0.393 e. The van der Waals surface area contributed by atoms with Gasteiger partial charge in [0.25, 0.3) is 0 Å². The Bertz CT molecular complexity index is 457. The molecule has 20 heavy (non-hydrogen) atoms. The Kier molecular flexibility index (Phi) is 4.71. The van der Waals surface area contributed by atoms with E-state index in [4.69, 9.17) is 0 Å². The van der Waals surface area contributed by atoms with Gasteiger partial charge < -0.3 is 10.0 Å². The normalized spacial score (nSPS) is 27.1. The number of aliphatic hydroxyl groups is 1. The highest BCUT2D eigenvalue weighted by molar-refractivity contribution is 7.89. The molecule has 2 saturated heterocycles. The molecular weight excluding hydrogens is 280 g/mol. The molecule has 2 rings (SSSR count). The van der Waals surface area contributed by atoms with Gasteiger partial charge in [0.15, 0.2) is 0 Å². The molecule has 2 aliphatic rings. The van der Waals surface area contributed by atoms with Crippen LogP contribution in [0.5, 0.6) is 0 Å². The fourth-order valence-corrected chi connectivity index (χ4v) is 4.01. The van der Waals surface area contributed by atoms with Crippen molar-refractivity contribution in [1.82, 2.24) is 9.21 Å². The molecule has 2 fully saturated rings. The molecule has 2 aliphatic heterocycles. The highest BCUT2D eigenvalue weighted by atomic mass is 32.2. The van der Waals surface area contributed by atoms with Gasteiger partial charge in [-0.15, -0.1) is 0 Å². The Labute approximate surface area is 120 Å². The first-order valence-corrected chi connectivity index (χ1v) is 8.90. The highest BCUT2D eigenvalue weighted by Gasteiger charge is 2.39. The molecule has 1 amide bonds.